The first-order valence-electron chi connectivity index (χ1n) is 6.81. The van der Waals surface area contributed by atoms with Crippen LogP contribution in [0.5, 0.6) is 0 Å². The van der Waals surface area contributed by atoms with Crippen molar-refractivity contribution in [3.63, 3.8) is 0 Å². The molecule has 0 aliphatic heterocycles. The number of nitro groups is 1. The summed E-state index contributed by atoms with van der Waals surface area (Å²) in [5.74, 6) is 0. The molecule has 0 fully saturated rings. The summed E-state index contributed by atoms with van der Waals surface area (Å²) >= 11 is 0. The fraction of sp³-hybridized carbons (Fsp3) is 0.385. The van der Waals surface area contributed by atoms with Crippen molar-refractivity contribution in [2.75, 3.05) is 23.7 Å². The van der Waals surface area contributed by atoms with Crippen molar-refractivity contribution < 1.29 is 4.92 Å². The predicted octanol–water partition coefficient (Wildman–Crippen LogP) is 2.12. The molecule has 2 rings (SSSR count). The summed E-state index contributed by atoms with van der Waals surface area (Å²) in [6.45, 7) is 3.83. The van der Waals surface area contributed by atoms with Crippen LogP contribution in [0.4, 0.5) is 17.1 Å². The molecule has 0 bridgehead atoms. The number of benzene rings is 1. The molecule has 0 aliphatic rings. The van der Waals surface area contributed by atoms with E-state index in [1.807, 2.05) is 6.92 Å². The van der Waals surface area contributed by atoms with Gasteiger partial charge in [0.25, 0.3) is 0 Å². The van der Waals surface area contributed by atoms with Crippen molar-refractivity contribution in [1.82, 2.24) is 15.0 Å². The molecule has 8 nitrogen and oxygen atoms in total. The lowest BCUT2D eigenvalue weighted by atomic mass is 10.2. The van der Waals surface area contributed by atoms with Gasteiger partial charge < -0.3 is 10.6 Å². The van der Waals surface area contributed by atoms with E-state index in [-0.39, 0.29) is 10.6 Å². The van der Waals surface area contributed by atoms with E-state index in [0.29, 0.717) is 31.0 Å². The van der Waals surface area contributed by atoms with E-state index in [1.165, 1.54) is 0 Å². The van der Waals surface area contributed by atoms with E-state index >= 15 is 0 Å². The van der Waals surface area contributed by atoms with Crippen LogP contribution in [0.15, 0.2) is 30.6 Å². The molecule has 1 aromatic carbocycles. The van der Waals surface area contributed by atoms with E-state index in [2.05, 4.69) is 20.9 Å². The zero-order valence-electron chi connectivity index (χ0n) is 11.8. The lowest BCUT2D eigenvalue weighted by Gasteiger charge is -2.11. The van der Waals surface area contributed by atoms with Gasteiger partial charge in [-0.3, -0.25) is 14.8 Å². The average molecular weight is 290 g/mol. The number of nitrogens with zero attached hydrogens (tertiary/aromatic N) is 4. The van der Waals surface area contributed by atoms with E-state index in [9.17, 15) is 10.1 Å². The molecule has 0 saturated heterocycles. The van der Waals surface area contributed by atoms with Crippen molar-refractivity contribution in [3.05, 3.63) is 40.7 Å². The van der Waals surface area contributed by atoms with Gasteiger partial charge in [0.2, 0.25) is 0 Å². The molecule has 0 atom stereocenters. The second-order valence-electron chi connectivity index (χ2n) is 4.48. The average Bonchev–Trinajstić information content (AvgIpc) is 2.98. The Bertz CT molecular complexity index is 584. The first-order chi connectivity index (χ1) is 10.2. The van der Waals surface area contributed by atoms with E-state index < -0.39 is 0 Å². The van der Waals surface area contributed by atoms with Crippen molar-refractivity contribution in [3.8, 4) is 0 Å². The third kappa shape index (κ3) is 3.91. The summed E-state index contributed by atoms with van der Waals surface area (Å²) in [6.07, 6.45) is 4.24. The van der Waals surface area contributed by atoms with Gasteiger partial charge in [0.05, 0.1) is 17.7 Å². The van der Waals surface area contributed by atoms with Gasteiger partial charge in [-0.05, 0) is 18.6 Å². The summed E-state index contributed by atoms with van der Waals surface area (Å²) in [5.41, 5.74) is 1.11. The minimum atomic E-state index is -0.365. The molecule has 21 heavy (non-hydrogen) atoms. The number of hydrogen-bond donors (Lipinski definition) is 2. The number of nitro benzene ring substituents is 1. The quantitative estimate of drug-likeness (QED) is 0.571. The molecule has 2 aromatic rings. The Labute approximate surface area is 122 Å². The SMILES string of the molecule is CCCNc1cccc(NCCn2ccnn2)c1[N+](=O)[O-]. The molecule has 0 amide bonds. The van der Waals surface area contributed by atoms with E-state index in [4.69, 9.17) is 0 Å². The van der Waals surface area contributed by atoms with Gasteiger partial charge in [0.1, 0.15) is 11.4 Å². The minimum Gasteiger partial charge on any atom is -0.379 e. The molecule has 0 aliphatic carbocycles. The second-order valence-corrected chi connectivity index (χ2v) is 4.48. The van der Waals surface area contributed by atoms with E-state index in [0.717, 1.165) is 6.42 Å². The number of rotatable bonds is 8. The molecule has 0 spiro atoms. The van der Waals surface area contributed by atoms with Crippen LogP contribution >= 0.6 is 0 Å². The zero-order chi connectivity index (χ0) is 15.1. The first kappa shape index (κ1) is 14.8. The monoisotopic (exact) mass is 290 g/mol. The highest BCUT2D eigenvalue weighted by Crippen LogP contribution is 2.32. The van der Waals surface area contributed by atoms with Crippen LogP contribution in [0, 0.1) is 10.1 Å². The Morgan fingerprint density at radius 1 is 1.29 bits per heavy atom. The smallest absolute Gasteiger partial charge is 0.315 e. The number of para-hydroxylation sites is 1. The maximum atomic E-state index is 11.3. The number of nitrogens with one attached hydrogen (secondary N) is 2. The third-order valence-corrected chi connectivity index (χ3v) is 2.91. The summed E-state index contributed by atoms with van der Waals surface area (Å²) in [6, 6.07) is 5.22. The van der Waals surface area contributed by atoms with Gasteiger partial charge in [-0.1, -0.05) is 18.2 Å². The fourth-order valence-corrected chi connectivity index (χ4v) is 1.94. The molecule has 0 radical (unpaired) electrons. The standard InChI is InChI=1S/C13H18N6O2/c1-2-6-14-11-4-3-5-12(13(11)19(20)21)15-7-9-18-10-8-16-17-18/h3-5,8,10,14-15H,2,6-7,9H2,1H3. The lowest BCUT2D eigenvalue weighted by Crippen LogP contribution is -2.13. The van der Waals surface area contributed by atoms with Gasteiger partial charge in [0, 0.05) is 19.3 Å². The number of aromatic nitrogens is 3. The highest BCUT2D eigenvalue weighted by molar-refractivity contribution is 5.76. The van der Waals surface area contributed by atoms with Gasteiger partial charge in [-0.15, -0.1) is 5.10 Å². The van der Waals surface area contributed by atoms with Crippen molar-refractivity contribution in [1.29, 1.82) is 0 Å². The van der Waals surface area contributed by atoms with Crippen LogP contribution < -0.4 is 10.6 Å². The maximum Gasteiger partial charge on any atom is 0.315 e. The molecule has 1 aromatic heterocycles. The first-order valence-corrected chi connectivity index (χ1v) is 6.81. The Balaban J connectivity index is 2.08. The largest absolute Gasteiger partial charge is 0.379 e. The van der Waals surface area contributed by atoms with Gasteiger partial charge in [0.15, 0.2) is 0 Å². The Morgan fingerprint density at radius 3 is 2.57 bits per heavy atom. The van der Waals surface area contributed by atoms with Crippen molar-refractivity contribution >= 4 is 17.1 Å². The zero-order valence-corrected chi connectivity index (χ0v) is 11.8. The third-order valence-electron chi connectivity index (χ3n) is 2.91. The summed E-state index contributed by atoms with van der Waals surface area (Å²) in [7, 11) is 0. The lowest BCUT2D eigenvalue weighted by molar-refractivity contribution is -0.383. The molecule has 0 saturated carbocycles. The molecule has 0 unspecified atom stereocenters. The highest BCUT2D eigenvalue weighted by Gasteiger charge is 2.18. The minimum absolute atomic E-state index is 0.0736. The van der Waals surface area contributed by atoms with Crippen molar-refractivity contribution in [2.45, 2.75) is 19.9 Å². The molecular formula is C13H18N6O2. The number of hydrogen-bond acceptors (Lipinski definition) is 6. The Morgan fingerprint density at radius 2 is 2.00 bits per heavy atom. The fourth-order valence-electron chi connectivity index (χ4n) is 1.94. The van der Waals surface area contributed by atoms with Crippen LogP contribution in [-0.4, -0.2) is 33.0 Å². The van der Waals surface area contributed by atoms with Crippen LogP contribution in [0.2, 0.25) is 0 Å². The van der Waals surface area contributed by atoms with E-state index in [1.54, 1.807) is 35.3 Å². The van der Waals surface area contributed by atoms with Crippen LogP contribution in [0.3, 0.4) is 0 Å². The molecule has 8 heteroatoms. The predicted molar refractivity (Wildman–Crippen MR) is 80.4 cm³/mol. The van der Waals surface area contributed by atoms with Crippen LogP contribution in [0.25, 0.3) is 0 Å². The summed E-state index contributed by atoms with van der Waals surface area (Å²) in [4.78, 5) is 10.9. The highest BCUT2D eigenvalue weighted by atomic mass is 16.6. The molecule has 1 heterocycles. The Hall–Kier alpha value is -2.64. The normalized spacial score (nSPS) is 10.3. The van der Waals surface area contributed by atoms with Crippen LogP contribution in [0.1, 0.15) is 13.3 Å². The maximum absolute atomic E-state index is 11.3. The summed E-state index contributed by atoms with van der Waals surface area (Å²) < 4.78 is 1.66. The Kier molecular flexibility index (Phi) is 5.08. The van der Waals surface area contributed by atoms with Gasteiger partial charge >= 0.3 is 5.69 Å². The van der Waals surface area contributed by atoms with Crippen molar-refractivity contribution in [2.24, 2.45) is 0 Å². The van der Waals surface area contributed by atoms with Gasteiger partial charge in [-0.25, -0.2) is 0 Å². The van der Waals surface area contributed by atoms with Crippen LogP contribution in [-0.2, 0) is 6.54 Å². The molecular weight excluding hydrogens is 272 g/mol. The number of anilines is 2. The molecule has 2 N–H and O–H groups in total. The van der Waals surface area contributed by atoms with Gasteiger partial charge in [-0.2, -0.15) is 0 Å². The second kappa shape index (κ2) is 7.22. The topological polar surface area (TPSA) is 97.9 Å². The summed E-state index contributed by atoms with van der Waals surface area (Å²) in [5, 5.41) is 25.0. The molecule has 112 valence electrons.